The normalized spacial score (nSPS) is 21.8. The summed E-state index contributed by atoms with van der Waals surface area (Å²) in [5.41, 5.74) is 3.38. The first-order valence-electron chi connectivity index (χ1n) is 7.53. The molecule has 0 bridgehead atoms. The summed E-state index contributed by atoms with van der Waals surface area (Å²) < 4.78 is 6.15. The second-order valence-corrected chi connectivity index (χ2v) is 6.88. The Morgan fingerprint density at radius 1 is 1.22 bits per heavy atom. The first-order chi connectivity index (χ1) is 8.43. The summed E-state index contributed by atoms with van der Waals surface area (Å²) in [6, 6.07) is 0.289. The van der Waals surface area contributed by atoms with Crippen molar-refractivity contribution < 1.29 is 4.74 Å². The molecule has 3 nitrogen and oxygen atoms in total. The molecular formula is C15H32N2O. The quantitative estimate of drug-likeness (QED) is 0.566. The Morgan fingerprint density at radius 2 is 1.83 bits per heavy atom. The standard InChI is InChI=1S/C15H32N2O/c1-5-18-15(10-7-6-8-11-15)13(17-16)9-12-14(2,3)4/h13,17H,5-12,16H2,1-4H3. The monoisotopic (exact) mass is 256 g/mol. The van der Waals surface area contributed by atoms with Crippen LogP contribution in [0, 0.1) is 5.41 Å². The Labute approximate surface area is 113 Å². The summed E-state index contributed by atoms with van der Waals surface area (Å²) in [5.74, 6) is 5.82. The van der Waals surface area contributed by atoms with Crippen molar-refractivity contribution in [1.82, 2.24) is 5.43 Å². The Morgan fingerprint density at radius 3 is 2.28 bits per heavy atom. The smallest absolute Gasteiger partial charge is 0.0848 e. The summed E-state index contributed by atoms with van der Waals surface area (Å²) in [6.45, 7) is 9.74. The highest BCUT2D eigenvalue weighted by molar-refractivity contribution is 4.95. The molecule has 3 heteroatoms. The number of hydrogen-bond acceptors (Lipinski definition) is 3. The minimum Gasteiger partial charge on any atom is -0.374 e. The van der Waals surface area contributed by atoms with Gasteiger partial charge in [-0.05, 0) is 38.0 Å². The van der Waals surface area contributed by atoms with Crippen molar-refractivity contribution in [3.05, 3.63) is 0 Å². The second-order valence-electron chi connectivity index (χ2n) is 6.88. The molecule has 0 aromatic carbocycles. The Balaban J connectivity index is 2.67. The van der Waals surface area contributed by atoms with Crippen molar-refractivity contribution in [3.8, 4) is 0 Å². The zero-order chi connectivity index (χ0) is 13.6. The largest absolute Gasteiger partial charge is 0.374 e. The van der Waals surface area contributed by atoms with Crippen LogP contribution in [0.25, 0.3) is 0 Å². The molecule has 0 saturated heterocycles. The van der Waals surface area contributed by atoms with E-state index in [0.717, 1.165) is 25.9 Å². The number of nitrogens with one attached hydrogen (secondary N) is 1. The van der Waals surface area contributed by atoms with Gasteiger partial charge in [-0.3, -0.25) is 11.3 Å². The lowest BCUT2D eigenvalue weighted by Crippen LogP contribution is -2.56. The Bertz CT molecular complexity index is 224. The van der Waals surface area contributed by atoms with Crippen molar-refractivity contribution >= 4 is 0 Å². The van der Waals surface area contributed by atoms with Crippen LogP contribution in [0.15, 0.2) is 0 Å². The van der Waals surface area contributed by atoms with Gasteiger partial charge in [0.25, 0.3) is 0 Å². The summed E-state index contributed by atoms with van der Waals surface area (Å²) in [4.78, 5) is 0. The average molecular weight is 256 g/mol. The SMILES string of the molecule is CCOC1(C(CCC(C)(C)C)NN)CCCCC1. The molecular weight excluding hydrogens is 224 g/mol. The summed E-state index contributed by atoms with van der Waals surface area (Å²) in [7, 11) is 0. The van der Waals surface area contributed by atoms with Gasteiger partial charge in [0.05, 0.1) is 11.6 Å². The molecule has 1 rings (SSSR count). The van der Waals surface area contributed by atoms with Gasteiger partial charge in [-0.1, -0.05) is 40.0 Å². The fraction of sp³-hybridized carbons (Fsp3) is 1.00. The molecule has 0 spiro atoms. The zero-order valence-electron chi connectivity index (χ0n) is 12.7. The fourth-order valence-electron chi connectivity index (χ4n) is 3.11. The van der Waals surface area contributed by atoms with Crippen LogP contribution in [-0.2, 0) is 4.74 Å². The van der Waals surface area contributed by atoms with E-state index >= 15 is 0 Å². The lowest BCUT2D eigenvalue weighted by atomic mass is 9.76. The first-order valence-corrected chi connectivity index (χ1v) is 7.53. The van der Waals surface area contributed by atoms with Crippen LogP contribution in [0.3, 0.4) is 0 Å². The van der Waals surface area contributed by atoms with E-state index in [4.69, 9.17) is 10.6 Å². The first kappa shape index (κ1) is 15.9. The Kier molecular flexibility index (Phi) is 6.09. The van der Waals surface area contributed by atoms with E-state index in [-0.39, 0.29) is 11.6 Å². The predicted octanol–water partition coefficient (Wildman–Crippen LogP) is 3.38. The van der Waals surface area contributed by atoms with Gasteiger partial charge in [0.2, 0.25) is 0 Å². The third-order valence-electron chi connectivity index (χ3n) is 4.15. The molecule has 1 aliphatic rings. The molecule has 1 atom stereocenters. The van der Waals surface area contributed by atoms with E-state index in [1.54, 1.807) is 0 Å². The van der Waals surface area contributed by atoms with Crippen LogP contribution >= 0.6 is 0 Å². The van der Waals surface area contributed by atoms with E-state index < -0.39 is 0 Å². The summed E-state index contributed by atoms with van der Waals surface area (Å²) in [5, 5.41) is 0. The molecule has 1 fully saturated rings. The van der Waals surface area contributed by atoms with Gasteiger partial charge in [-0.15, -0.1) is 0 Å². The van der Waals surface area contributed by atoms with Crippen molar-refractivity contribution in [2.45, 2.75) is 84.3 Å². The van der Waals surface area contributed by atoms with Gasteiger partial charge < -0.3 is 4.74 Å². The highest BCUT2D eigenvalue weighted by Gasteiger charge is 2.40. The van der Waals surface area contributed by atoms with Gasteiger partial charge >= 0.3 is 0 Å². The topological polar surface area (TPSA) is 47.3 Å². The molecule has 0 aromatic rings. The van der Waals surface area contributed by atoms with Crippen molar-refractivity contribution in [2.24, 2.45) is 11.3 Å². The lowest BCUT2D eigenvalue weighted by Gasteiger charge is -2.43. The molecule has 0 aliphatic heterocycles. The van der Waals surface area contributed by atoms with Gasteiger partial charge in [-0.25, -0.2) is 0 Å². The van der Waals surface area contributed by atoms with Crippen LogP contribution in [-0.4, -0.2) is 18.2 Å². The highest BCUT2D eigenvalue weighted by Crippen LogP contribution is 2.37. The fourth-order valence-corrected chi connectivity index (χ4v) is 3.11. The Hall–Kier alpha value is -0.120. The zero-order valence-corrected chi connectivity index (χ0v) is 12.7. The molecule has 108 valence electrons. The number of ether oxygens (including phenoxy) is 1. The van der Waals surface area contributed by atoms with Crippen LogP contribution in [0.5, 0.6) is 0 Å². The maximum Gasteiger partial charge on any atom is 0.0848 e. The molecule has 3 N–H and O–H groups in total. The highest BCUT2D eigenvalue weighted by atomic mass is 16.5. The van der Waals surface area contributed by atoms with Crippen LogP contribution in [0.4, 0.5) is 0 Å². The molecule has 0 aromatic heterocycles. The van der Waals surface area contributed by atoms with Crippen LogP contribution < -0.4 is 11.3 Å². The van der Waals surface area contributed by atoms with E-state index in [1.165, 1.54) is 25.7 Å². The molecule has 0 heterocycles. The van der Waals surface area contributed by atoms with Gasteiger partial charge in [0.15, 0.2) is 0 Å². The maximum absolute atomic E-state index is 6.15. The van der Waals surface area contributed by atoms with Crippen LogP contribution in [0.1, 0.15) is 72.6 Å². The van der Waals surface area contributed by atoms with Crippen molar-refractivity contribution in [1.29, 1.82) is 0 Å². The predicted molar refractivity (Wildman–Crippen MR) is 77.2 cm³/mol. The maximum atomic E-state index is 6.15. The number of hydrogen-bond donors (Lipinski definition) is 2. The average Bonchev–Trinajstić information content (AvgIpc) is 2.30. The molecule has 1 unspecified atom stereocenters. The molecule has 0 amide bonds. The number of nitrogens with two attached hydrogens (primary N) is 1. The molecule has 18 heavy (non-hydrogen) atoms. The molecule has 1 aliphatic carbocycles. The van der Waals surface area contributed by atoms with Crippen molar-refractivity contribution in [2.75, 3.05) is 6.61 Å². The second kappa shape index (κ2) is 6.88. The van der Waals surface area contributed by atoms with E-state index in [0.29, 0.717) is 5.41 Å². The number of hydrazine groups is 1. The van der Waals surface area contributed by atoms with Gasteiger partial charge in [-0.2, -0.15) is 0 Å². The lowest BCUT2D eigenvalue weighted by molar-refractivity contribution is -0.0930. The van der Waals surface area contributed by atoms with E-state index in [1.807, 2.05) is 0 Å². The van der Waals surface area contributed by atoms with Crippen LogP contribution in [0.2, 0.25) is 0 Å². The number of rotatable bonds is 6. The minimum atomic E-state index is -0.0208. The van der Waals surface area contributed by atoms with E-state index in [2.05, 4.69) is 33.1 Å². The molecule has 0 radical (unpaired) electrons. The van der Waals surface area contributed by atoms with Gasteiger partial charge in [0.1, 0.15) is 0 Å². The third-order valence-corrected chi connectivity index (χ3v) is 4.15. The van der Waals surface area contributed by atoms with Crippen molar-refractivity contribution in [3.63, 3.8) is 0 Å². The molecule has 1 saturated carbocycles. The third kappa shape index (κ3) is 4.52. The minimum absolute atomic E-state index is 0.0208. The van der Waals surface area contributed by atoms with Gasteiger partial charge in [0, 0.05) is 6.61 Å². The summed E-state index contributed by atoms with van der Waals surface area (Å²) in [6.07, 6.45) is 8.46. The summed E-state index contributed by atoms with van der Waals surface area (Å²) >= 11 is 0. The van der Waals surface area contributed by atoms with E-state index in [9.17, 15) is 0 Å².